The van der Waals surface area contributed by atoms with Crippen molar-refractivity contribution in [2.24, 2.45) is 0 Å². The minimum Gasteiger partial charge on any atom is -0.480 e. The van der Waals surface area contributed by atoms with Crippen molar-refractivity contribution in [3.63, 3.8) is 0 Å². The molecule has 1 atom stereocenters. The van der Waals surface area contributed by atoms with Gasteiger partial charge in [0.15, 0.2) is 5.69 Å². The number of nitrogens with zero attached hydrogens (tertiary/aromatic N) is 2. The quantitative estimate of drug-likeness (QED) is 0.597. The molecule has 0 amide bonds. The largest absolute Gasteiger partial charge is 0.480 e. The Morgan fingerprint density at radius 2 is 1.93 bits per heavy atom. The number of benzene rings is 1. The van der Waals surface area contributed by atoms with Crippen molar-refractivity contribution in [3.8, 4) is 11.8 Å². The van der Waals surface area contributed by atoms with Crippen LogP contribution >= 0.6 is 0 Å². The summed E-state index contributed by atoms with van der Waals surface area (Å²) in [5.41, 5.74) is 6.10. The Bertz CT molecular complexity index is 1030. The first-order chi connectivity index (χ1) is 12.6. The third-order valence-corrected chi connectivity index (χ3v) is 5.23. The predicted molar refractivity (Wildman–Crippen MR) is 93.7 cm³/mol. The van der Waals surface area contributed by atoms with Crippen LogP contribution in [0.5, 0.6) is 0 Å². The highest BCUT2D eigenvalue weighted by atomic mass is 32.2. The molecule has 1 unspecified atom stereocenters. The van der Waals surface area contributed by atoms with Crippen LogP contribution in [0.1, 0.15) is 23.0 Å². The van der Waals surface area contributed by atoms with Crippen LogP contribution in [0.15, 0.2) is 35.4 Å². The third-order valence-electron chi connectivity index (χ3n) is 3.67. The average Bonchev–Trinajstić information content (AvgIpc) is 2.97. The van der Waals surface area contributed by atoms with Crippen LogP contribution in [-0.2, 0) is 19.6 Å². The zero-order valence-electron chi connectivity index (χ0n) is 14.3. The molecule has 0 saturated carbocycles. The average molecular weight is 392 g/mol. The van der Waals surface area contributed by atoms with Gasteiger partial charge >= 0.3 is 11.9 Å². The molecule has 10 nitrogen and oxygen atoms in total. The van der Waals surface area contributed by atoms with Gasteiger partial charge in [-0.1, -0.05) is 0 Å². The van der Waals surface area contributed by atoms with Crippen molar-refractivity contribution in [1.82, 2.24) is 9.29 Å². The van der Waals surface area contributed by atoms with Crippen LogP contribution in [0.2, 0.25) is 0 Å². The van der Waals surface area contributed by atoms with Crippen LogP contribution < -0.4 is 10.5 Å². The van der Waals surface area contributed by atoms with E-state index in [1.54, 1.807) is 0 Å². The van der Waals surface area contributed by atoms with Crippen molar-refractivity contribution < 1.29 is 27.9 Å². The second kappa shape index (κ2) is 7.48. The molecule has 0 aliphatic heterocycles. The first-order valence-electron chi connectivity index (χ1n) is 7.47. The Morgan fingerprint density at radius 1 is 1.33 bits per heavy atom. The number of methoxy groups -OCH3 is 1. The summed E-state index contributed by atoms with van der Waals surface area (Å²) in [4.78, 5) is 22.6. The van der Waals surface area contributed by atoms with Crippen molar-refractivity contribution >= 4 is 27.6 Å². The summed E-state index contributed by atoms with van der Waals surface area (Å²) < 4.78 is 32.4. The van der Waals surface area contributed by atoms with E-state index in [1.807, 2.05) is 10.8 Å². The Balaban J connectivity index is 2.46. The molecule has 1 heterocycles. The second-order valence-electron chi connectivity index (χ2n) is 5.45. The molecule has 0 aliphatic carbocycles. The summed E-state index contributed by atoms with van der Waals surface area (Å²) in [5.74, 6) is -2.08. The number of anilines is 1. The van der Waals surface area contributed by atoms with Crippen LogP contribution in [0.3, 0.4) is 0 Å². The fraction of sp³-hybridized carbons (Fsp3) is 0.188. The Morgan fingerprint density at radius 3 is 2.41 bits per heavy atom. The van der Waals surface area contributed by atoms with E-state index in [9.17, 15) is 18.0 Å². The summed E-state index contributed by atoms with van der Waals surface area (Å²) in [5, 5.41) is 17.9. The molecule has 2 rings (SSSR count). The molecule has 27 heavy (non-hydrogen) atoms. The second-order valence-corrected chi connectivity index (χ2v) is 7.17. The molecule has 142 valence electrons. The van der Waals surface area contributed by atoms with Gasteiger partial charge in [0.25, 0.3) is 0 Å². The fourth-order valence-corrected chi connectivity index (χ4v) is 3.45. The molecule has 0 spiro atoms. The highest BCUT2D eigenvalue weighted by molar-refractivity contribution is 7.89. The summed E-state index contributed by atoms with van der Waals surface area (Å²) in [6.45, 7) is 1.20. The number of hydrogen-bond acceptors (Lipinski definition) is 7. The summed E-state index contributed by atoms with van der Waals surface area (Å²) in [7, 11) is -2.89. The van der Waals surface area contributed by atoms with E-state index in [2.05, 4.69) is 4.74 Å². The maximum absolute atomic E-state index is 12.2. The van der Waals surface area contributed by atoms with E-state index in [1.165, 1.54) is 42.0 Å². The predicted octanol–water partition coefficient (Wildman–Crippen LogP) is 0.469. The number of carbonyl (C=O) groups excluding carboxylic acids is 1. The Labute approximate surface area is 154 Å². The minimum atomic E-state index is -4.05. The van der Waals surface area contributed by atoms with Gasteiger partial charge in [0.05, 0.1) is 23.3 Å². The standard InChI is InChI=1S/C16H16N4O6S/c1-9(15(21)22)19-27(24,25)12-5-3-11(4-6-12)20-8-10(7-17)13(18)14(20)16(23)26-2/h3-6,8-9,19H,18H2,1-2H3,(H,21,22). The van der Waals surface area contributed by atoms with Gasteiger partial charge in [0, 0.05) is 11.9 Å². The van der Waals surface area contributed by atoms with Crippen LogP contribution in [0.4, 0.5) is 5.69 Å². The number of sulfonamides is 1. The lowest BCUT2D eigenvalue weighted by Gasteiger charge is -2.12. The minimum absolute atomic E-state index is 0.0574. The summed E-state index contributed by atoms with van der Waals surface area (Å²) in [6.07, 6.45) is 1.33. The number of aliphatic carboxylic acids is 1. The van der Waals surface area contributed by atoms with Crippen molar-refractivity contribution in [2.75, 3.05) is 12.8 Å². The number of carbonyl (C=O) groups is 2. The monoisotopic (exact) mass is 392 g/mol. The summed E-state index contributed by atoms with van der Waals surface area (Å²) >= 11 is 0. The van der Waals surface area contributed by atoms with Crippen LogP contribution in [-0.4, -0.2) is 43.2 Å². The van der Waals surface area contributed by atoms with Gasteiger partial charge < -0.3 is 20.1 Å². The fourth-order valence-electron chi connectivity index (χ4n) is 2.26. The molecule has 0 aliphatic rings. The van der Waals surface area contributed by atoms with E-state index in [-0.39, 0.29) is 21.8 Å². The molecule has 1 aromatic heterocycles. The number of nitrogen functional groups attached to an aromatic ring is 1. The molecule has 0 fully saturated rings. The molecule has 1 aromatic carbocycles. The number of aromatic nitrogens is 1. The van der Waals surface area contributed by atoms with Crippen molar-refractivity contribution in [1.29, 1.82) is 5.26 Å². The van der Waals surface area contributed by atoms with E-state index in [0.29, 0.717) is 5.69 Å². The van der Waals surface area contributed by atoms with E-state index >= 15 is 0 Å². The summed E-state index contributed by atoms with van der Waals surface area (Å²) in [6, 6.07) is 5.78. The van der Waals surface area contributed by atoms with Gasteiger partial charge in [-0.3, -0.25) is 4.79 Å². The number of rotatable bonds is 6. The van der Waals surface area contributed by atoms with Gasteiger partial charge in [-0.2, -0.15) is 9.98 Å². The van der Waals surface area contributed by atoms with Crippen LogP contribution in [0, 0.1) is 11.3 Å². The number of hydrogen-bond donors (Lipinski definition) is 3. The first-order valence-corrected chi connectivity index (χ1v) is 8.95. The molecular formula is C16H16N4O6S. The molecular weight excluding hydrogens is 376 g/mol. The van der Waals surface area contributed by atoms with Gasteiger partial charge in [0.2, 0.25) is 10.0 Å². The number of nitrogens with two attached hydrogens (primary N) is 1. The van der Waals surface area contributed by atoms with Crippen LogP contribution in [0.25, 0.3) is 5.69 Å². The zero-order valence-corrected chi connectivity index (χ0v) is 15.1. The van der Waals surface area contributed by atoms with Gasteiger partial charge in [-0.05, 0) is 31.2 Å². The SMILES string of the molecule is COC(=O)c1c(N)c(C#N)cn1-c1ccc(S(=O)(=O)NC(C)C(=O)O)cc1. The van der Waals surface area contributed by atoms with Gasteiger partial charge in [-0.25, -0.2) is 13.2 Å². The highest BCUT2D eigenvalue weighted by Gasteiger charge is 2.23. The maximum atomic E-state index is 12.2. The molecule has 0 radical (unpaired) electrons. The number of nitrogens with one attached hydrogen (secondary N) is 1. The number of nitriles is 1. The molecule has 0 bridgehead atoms. The number of ether oxygens (including phenoxy) is 1. The number of carboxylic acid groups (broad SMARTS) is 1. The molecule has 11 heteroatoms. The van der Waals surface area contributed by atoms with Crippen molar-refractivity contribution in [2.45, 2.75) is 17.9 Å². The molecule has 4 N–H and O–H groups in total. The maximum Gasteiger partial charge on any atom is 0.357 e. The topological polar surface area (TPSA) is 165 Å². The first kappa shape index (κ1) is 20.0. The smallest absolute Gasteiger partial charge is 0.357 e. The number of esters is 1. The lowest BCUT2D eigenvalue weighted by Crippen LogP contribution is -2.38. The molecule has 2 aromatic rings. The lowest BCUT2D eigenvalue weighted by molar-refractivity contribution is -0.138. The lowest BCUT2D eigenvalue weighted by atomic mass is 10.2. The van der Waals surface area contributed by atoms with E-state index in [4.69, 9.17) is 16.1 Å². The Kier molecular flexibility index (Phi) is 5.53. The molecule has 0 saturated heterocycles. The third kappa shape index (κ3) is 3.91. The highest BCUT2D eigenvalue weighted by Crippen LogP contribution is 2.25. The van der Waals surface area contributed by atoms with Gasteiger partial charge in [-0.15, -0.1) is 0 Å². The van der Waals surface area contributed by atoms with Crippen molar-refractivity contribution in [3.05, 3.63) is 41.7 Å². The van der Waals surface area contributed by atoms with E-state index < -0.39 is 28.0 Å². The Hall–Kier alpha value is -3.36. The van der Waals surface area contributed by atoms with E-state index in [0.717, 1.165) is 7.11 Å². The number of carboxylic acids is 1. The normalized spacial score (nSPS) is 12.2. The zero-order chi connectivity index (χ0) is 20.4. The van der Waals surface area contributed by atoms with Gasteiger partial charge in [0.1, 0.15) is 12.1 Å².